The van der Waals surface area contributed by atoms with E-state index >= 15 is 0 Å². The van der Waals surface area contributed by atoms with Gasteiger partial charge in [-0.1, -0.05) is 32.1 Å². The van der Waals surface area contributed by atoms with E-state index in [1.807, 2.05) is 0 Å². The molecule has 0 atom stereocenters. The van der Waals surface area contributed by atoms with Crippen LogP contribution in [-0.4, -0.2) is 34.1 Å². The molecular formula is C23H29FN4O3S. The highest BCUT2D eigenvalue weighted by Gasteiger charge is 2.22. The number of aromatic nitrogens is 1. The van der Waals surface area contributed by atoms with Gasteiger partial charge in [-0.25, -0.2) is 14.2 Å². The molecule has 0 spiro atoms. The first-order valence-electron chi connectivity index (χ1n) is 11.3. The molecule has 1 amide bonds. The Labute approximate surface area is 190 Å². The minimum absolute atomic E-state index is 0.0491. The smallest absolute Gasteiger partial charge is 0.355 e. The van der Waals surface area contributed by atoms with Crippen molar-refractivity contribution in [3.8, 4) is 0 Å². The molecule has 0 unspecified atom stereocenters. The van der Waals surface area contributed by atoms with Gasteiger partial charge < -0.3 is 21.1 Å². The van der Waals surface area contributed by atoms with Crippen LogP contribution in [0.2, 0.25) is 0 Å². The second-order valence-electron chi connectivity index (χ2n) is 8.60. The van der Waals surface area contributed by atoms with Gasteiger partial charge in [-0.15, -0.1) is 11.3 Å². The molecule has 4 rings (SSSR count). The minimum Gasteiger partial charge on any atom is -0.476 e. The predicted molar refractivity (Wildman–Crippen MR) is 123 cm³/mol. The first kappa shape index (κ1) is 22.5. The number of nitrogens with one attached hydrogen (secondary N) is 3. The Morgan fingerprint density at radius 2 is 1.62 bits per heavy atom. The molecule has 2 aliphatic carbocycles. The van der Waals surface area contributed by atoms with Crippen LogP contribution in [0, 0.1) is 5.82 Å². The first-order valence-corrected chi connectivity index (χ1v) is 12.2. The number of benzene rings is 1. The molecule has 4 N–H and O–H groups in total. The maximum atomic E-state index is 15.0. The Morgan fingerprint density at radius 1 is 1.00 bits per heavy atom. The van der Waals surface area contributed by atoms with E-state index in [9.17, 15) is 14.0 Å². The summed E-state index contributed by atoms with van der Waals surface area (Å²) < 4.78 is 15.0. The Kier molecular flexibility index (Phi) is 7.24. The summed E-state index contributed by atoms with van der Waals surface area (Å²) in [5.41, 5.74) is 1.25. The maximum Gasteiger partial charge on any atom is 0.355 e. The number of halogens is 1. The van der Waals surface area contributed by atoms with E-state index < -0.39 is 17.7 Å². The highest BCUT2D eigenvalue weighted by molar-refractivity contribution is 7.09. The number of amides is 1. The number of carboxylic acids is 1. The van der Waals surface area contributed by atoms with Gasteiger partial charge in [-0.05, 0) is 37.8 Å². The van der Waals surface area contributed by atoms with E-state index in [0.29, 0.717) is 16.4 Å². The summed E-state index contributed by atoms with van der Waals surface area (Å²) in [6, 6.07) is 3.54. The van der Waals surface area contributed by atoms with Crippen molar-refractivity contribution in [2.45, 2.75) is 76.4 Å². The third-order valence-electron chi connectivity index (χ3n) is 6.20. The van der Waals surface area contributed by atoms with Crippen LogP contribution in [0.4, 0.5) is 15.8 Å². The van der Waals surface area contributed by atoms with Gasteiger partial charge in [0.15, 0.2) is 5.69 Å². The van der Waals surface area contributed by atoms with Crippen molar-refractivity contribution >= 4 is 34.6 Å². The normalized spacial score (nSPS) is 17.3. The van der Waals surface area contributed by atoms with E-state index in [1.165, 1.54) is 17.9 Å². The number of hydrogen-bond acceptors (Lipinski definition) is 6. The Morgan fingerprint density at radius 3 is 2.25 bits per heavy atom. The molecular weight excluding hydrogens is 431 g/mol. The van der Waals surface area contributed by atoms with E-state index in [-0.39, 0.29) is 29.9 Å². The first-order chi connectivity index (χ1) is 15.5. The monoisotopic (exact) mass is 460 g/mol. The number of carbonyl (C=O) groups excluding carboxylic acids is 1. The summed E-state index contributed by atoms with van der Waals surface area (Å²) >= 11 is 1.16. The number of carbonyl (C=O) groups is 2. The van der Waals surface area contributed by atoms with Crippen LogP contribution in [0.25, 0.3) is 0 Å². The number of anilines is 2. The lowest BCUT2D eigenvalue weighted by atomic mass is 9.95. The molecule has 9 heteroatoms. The lowest BCUT2D eigenvalue weighted by Crippen LogP contribution is -2.27. The zero-order chi connectivity index (χ0) is 22.5. The zero-order valence-corrected chi connectivity index (χ0v) is 18.8. The van der Waals surface area contributed by atoms with Crippen LogP contribution in [0.3, 0.4) is 0 Å². The maximum absolute atomic E-state index is 15.0. The molecule has 1 aromatic carbocycles. The fourth-order valence-electron chi connectivity index (χ4n) is 4.49. The second kappa shape index (κ2) is 10.3. The summed E-state index contributed by atoms with van der Waals surface area (Å²) in [6.07, 6.45) is 9.91. The minimum atomic E-state index is -1.11. The highest BCUT2D eigenvalue weighted by Crippen LogP contribution is 2.31. The average molecular weight is 461 g/mol. The molecule has 172 valence electrons. The van der Waals surface area contributed by atoms with E-state index in [1.54, 1.807) is 6.07 Å². The number of carboxylic acid groups (broad SMARTS) is 1. The van der Waals surface area contributed by atoms with Crippen molar-refractivity contribution in [1.82, 2.24) is 10.3 Å². The Balaban J connectivity index is 1.51. The average Bonchev–Trinajstić information content (AvgIpc) is 3.47. The van der Waals surface area contributed by atoms with Crippen LogP contribution in [0.1, 0.15) is 83.6 Å². The SMILES string of the molecule is O=C(O)c1csc(CNC(=O)c2cc(F)c(NC3CCCCC3)cc2NC2CCCC2)n1. The number of nitrogens with zero attached hydrogens (tertiary/aromatic N) is 1. The highest BCUT2D eigenvalue weighted by atomic mass is 32.1. The lowest BCUT2D eigenvalue weighted by Gasteiger charge is -2.25. The van der Waals surface area contributed by atoms with E-state index in [4.69, 9.17) is 5.11 Å². The lowest BCUT2D eigenvalue weighted by molar-refractivity contribution is 0.0691. The van der Waals surface area contributed by atoms with E-state index in [0.717, 1.165) is 62.7 Å². The third kappa shape index (κ3) is 5.56. The van der Waals surface area contributed by atoms with Crippen molar-refractivity contribution < 1.29 is 19.1 Å². The van der Waals surface area contributed by atoms with Crippen LogP contribution in [0.15, 0.2) is 17.5 Å². The standard InChI is InChI=1S/C23H29FN4O3S/c24-17-10-16(22(29)25-12-21-28-20(13-32-21)23(30)31)18(26-14-8-4-5-9-14)11-19(17)27-15-6-2-1-3-7-15/h10-11,13-15,26-27H,1-9,12H2,(H,25,29)(H,30,31). The number of aromatic carboxylic acids is 1. The molecule has 2 fully saturated rings. The van der Waals surface area contributed by atoms with Gasteiger partial charge in [0.1, 0.15) is 10.8 Å². The molecule has 7 nitrogen and oxygen atoms in total. The summed E-state index contributed by atoms with van der Waals surface area (Å²) in [5.74, 6) is -1.97. The molecule has 1 aromatic heterocycles. The van der Waals surface area contributed by atoms with Crippen LogP contribution < -0.4 is 16.0 Å². The largest absolute Gasteiger partial charge is 0.476 e. The van der Waals surface area contributed by atoms with Crippen LogP contribution in [0.5, 0.6) is 0 Å². The fraction of sp³-hybridized carbons (Fsp3) is 0.522. The summed E-state index contributed by atoms with van der Waals surface area (Å²) in [7, 11) is 0. The van der Waals surface area contributed by atoms with Gasteiger partial charge in [0, 0.05) is 23.2 Å². The summed E-state index contributed by atoms with van der Waals surface area (Å²) in [6.45, 7) is 0.0866. The molecule has 1 heterocycles. The quantitative estimate of drug-likeness (QED) is 0.442. The predicted octanol–water partition coefficient (Wildman–Crippen LogP) is 5.01. The van der Waals surface area contributed by atoms with Gasteiger partial charge in [0.05, 0.1) is 17.8 Å². The molecule has 2 aromatic rings. The molecule has 2 saturated carbocycles. The van der Waals surface area contributed by atoms with Gasteiger partial charge in [0.2, 0.25) is 0 Å². The van der Waals surface area contributed by atoms with Crippen molar-refractivity contribution in [2.75, 3.05) is 10.6 Å². The number of hydrogen-bond donors (Lipinski definition) is 4. The Bertz CT molecular complexity index is 968. The van der Waals surface area contributed by atoms with Crippen molar-refractivity contribution in [2.24, 2.45) is 0 Å². The van der Waals surface area contributed by atoms with Crippen molar-refractivity contribution in [1.29, 1.82) is 0 Å². The number of thiazole rings is 1. The van der Waals surface area contributed by atoms with Gasteiger partial charge >= 0.3 is 5.97 Å². The molecule has 0 radical (unpaired) electrons. The number of rotatable bonds is 8. The molecule has 0 saturated heterocycles. The topological polar surface area (TPSA) is 103 Å². The fourth-order valence-corrected chi connectivity index (χ4v) is 5.20. The van der Waals surface area contributed by atoms with Crippen molar-refractivity contribution in [3.63, 3.8) is 0 Å². The van der Waals surface area contributed by atoms with E-state index in [2.05, 4.69) is 20.9 Å². The molecule has 2 aliphatic rings. The molecule has 32 heavy (non-hydrogen) atoms. The van der Waals surface area contributed by atoms with Crippen LogP contribution in [-0.2, 0) is 6.54 Å². The molecule has 0 aliphatic heterocycles. The molecule has 0 bridgehead atoms. The van der Waals surface area contributed by atoms with Crippen molar-refractivity contribution in [3.05, 3.63) is 39.6 Å². The zero-order valence-electron chi connectivity index (χ0n) is 18.0. The third-order valence-corrected chi connectivity index (χ3v) is 7.05. The van der Waals surface area contributed by atoms with Crippen LogP contribution >= 0.6 is 11.3 Å². The van der Waals surface area contributed by atoms with Gasteiger partial charge in [-0.3, -0.25) is 4.79 Å². The summed E-state index contributed by atoms with van der Waals surface area (Å²) in [4.78, 5) is 27.9. The Hall–Kier alpha value is -2.68. The van der Waals surface area contributed by atoms with Gasteiger partial charge in [0.25, 0.3) is 5.91 Å². The summed E-state index contributed by atoms with van der Waals surface area (Å²) in [5, 5.41) is 20.5. The second-order valence-corrected chi connectivity index (χ2v) is 9.54. The van der Waals surface area contributed by atoms with Gasteiger partial charge in [-0.2, -0.15) is 0 Å².